The molecule has 0 N–H and O–H groups in total. The second kappa shape index (κ2) is 5.49. The Balaban J connectivity index is 2.06. The van der Waals surface area contributed by atoms with Gasteiger partial charge in [-0.3, -0.25) is 14.9 Å². The van der Waals surface area contributed by atoms with E-state index in [-0.39, 0.29) is 16.2 Å². The van der Waals surface area contributed by atoms with Crippen LogP contribution < -0.4 is 10.5 Å². The second-order valence-corrected chi connectivity index (χ2v) is 5.58. The van der Waals surface area contributed by atoms with Crippen molar-refractivity contribution >= 4 is 11.5 Å². The molecule has 9 heteroatoms. The predicted molar refractivity (Wildman–Crippen MR) is 83.5 cm³/mol. The van der Waals surface area contributed by atoms with Crippen LogP contribution in [0.2, 0.25) is 0 Å². The second-order valence-electron chi connectivity index (χ2n) is 5.58. The summed E-state index contributed by atoms with van der Waals surface area (Å²) in [5, 5.41) is 20.0. The fraction of sp³-hybridized carbons (Fsp3) is 0.500. The van der Waals surface area contributed by atoms with Crippen LogP contribution >= 0.6 is 0 Å². The molecule has 0 aliphatic carbocycles. The summed E-state index contributed by atoms with van der Waals surface area (Å²) in [6.45, 7) is 5.11. The van der Waals surface area contributed by atoms with E-state index in [9.17, 15) is 14.9 Å². The Hall–Kier alpha value is -2.71. The van der Waals surface area contributed by atoms with Crippen LogP contribution in [0, 0.1) is 17.0 Å². The molecule has 2 aromatic heterocycles. The summed E-state index contributed by atoms with van der Waals surface area (Å²) in [6.07, 6.45) is 0.633. The molecule has 9 nitrogen and oxygen atoms in total. The van der Waals surface area contributed by atoms with Gasteiger partial charge in [0.15, 0.2) is 0 Å². The molecular formula is C14H18N6O3. The van der Waals surface area contributed by atoms with E-state index in [2.05, 4.69) is 10.2 Å². The minimum atomic E-state index is -0.387. The zero-order valence-corrected chi connectivity index (χ0v) is 13.3. The van der Waals surface area contributed by atoms with Gasteiger partial charge in [0, 0.05) is 44.7 Å². The third kappa shape index (κ3) is 2.47. The minimum absolute atomic E-state index is 0.0343. The van der Waals surface area contributed by atoms with Crippen molar-refractivity contribution in [2.24, 2.45) is 7.05 Å². The molecule has 0 saturated carbocycles. The predicted octanol–water partition coefficient (Wildman–Crippen LogP) is 0.776. The summed E-state index contributed by atoms with van der Waals surface area (Å²) >= 11 is 0. The molecule has 23 heavy (non-hydrogen) atoms. The highest BCUT2D eigenvalue weighted by atomic mass is 16.6. The maximum absolute atomic E-state index is 11.8. The molecule has 3 rings (SSSR count). The first-order valence-electron chi connectivity index (χ1n) is 7.45. The number of anilines is 1. The Kier molecular flexibility index (Phi) is 3.63. The van der Waals surface area contributed by atoms with Gasteiger partial charge in [-0.05, 0) is 13.8 Å². The van der Waals surface area contributed by atoms with Crippen molar-refractivity contribution in [2.45, 2.75) is 33.4 Å². The summed E-state index contributed by atoms with van der Waals surface area (Å²) in [6, 6.07) is 1.56. The number of rotatable bonds is 3. The largest absolute Gasteiger partial charge is 0.346 e. The van der Waals surface area contributed by atoms with Gasteiger partial charge < -0.3 is 4.90 Å². The van der Waals surface area contributed by atoms with E-state index < -0.39 is 0 Å². The fourth-order valence-electron chi connectivity index (χ4n) is 2.98. The number of fused-ring (bicyclic) bond motifs is 1. The van der Waals surface area contributed by atoms with E-state index in [0.717, 1.165) is 11.3 Å². The number of hydrogen-bond donors (Lipinski definition) is 0. The molecule has 1 aliphatic rings. The quantitative estimate of drug-likeness (QED) is 0.612. The first kappa shape index (κ1) is 15.2. The number of aromatic nitrogens is 4. The number of aryl methyl sites for hydroxylation is 3. The van der Waals surface area contributed by atoms with Gasteiger partial charge in [0.2, 0.25) is 5.82 Å². The molecule has 0 unspecified atom stereocenters. The SMILES string of the molecule is CCn1nc(C)c([N+](=O)[O-])c1N1CCc2nn(C)c(=O)cc2C1. The highest BCUT2D eigenvalue weighted by Gasteiger charge is 2.31. The summed E-state index contributed by atoms with van der Waals surface area (Å²) < 4.78 is 2.96. The number of hydrogen-bond acceptors (Lipinski definition) is 6. The van der Waals surface area contributed by atoms with Crippen molar-refractivity contribution in [3.05, 3.63) is 43.5 Å². The van der Waals surface area contributed by atoms with E-state index in [1.165, 1.54) is 4.68 Å². The average molecular weight is 318 g/mol. The summed E-state index contributed by atoms with van der Waals surface area (Å²) in [4.78, 5) is 24.7. The van der Waals surface area contributed by atoms with E-state index in [0.29, 0.717) is 37.6 Å². The maximum Gasteiger partial charge on any atom is 0.333 e. The van der Waals surface area contributed by atoms with Gasteiger partial charge in [-0.25, -0.2) is 9.36 Å². The minimum Gasteiger partial charge on any atom is -0.346 e. The zero-order chi connectivity index (χ0) is 16.7. The molecule has 0 amide bonds. The first-order valence-corrected chi connectivity index (χ1v) is 7.45. The van der Waals surface area contributed by atoms with E-state index >= 15 is 0 Å². The molecule has 122 valence electrons. The van der Waals surface area contributed by atoms with Crippen LogP contribution in [-0.4, -0.2) is 31.0 Å². The van der Waals surface area contributed by atoms with E-state index in [4.69, 9.17) is 0 Å². The van der Waals surface area contributed by atoms with Crippen molar-refractivity contribution in [1.82, 2.24) is 19.6 Å². The monoisotopic (exact) mass is 318 g/mol. The third-order valence-electron chi connectivity index (χ3n) is 4.09. The van der Waals surface area contributed by atoms with Gasteiger partial charge in [-0.1, -0.05) is 0 Å². The maximum atomic E-state index is 11.8. The lowest BCUT2D eigenvalue weighted by atomic mass is 10.1. The van der Waals surface area contributed by atoms with Crippen molar-refractivity contribution < 1.29 is 4.92 Å². The van der Waals surface area contributed by atoms with Crippen molar-refractivity contribution in [2.75, 3.05) is 11.4 Å². The highest BCUT2D eigenvalue weighted by molar-refractivity contribution is 5.62. The lowest BCUT2D eigenvalue weighted by Crippen LogP contribution is -2.35. The summed E-state index contributed by atoms with van der Waals surface area (Å²) in [5.74, 6) is 0.501. The van der Waals surface area contributed by atoms with Gasteiger partial charge in [0.1, 0.15) is 5.69 Å². The Morgan fingerprint density at radius 2 is 2.13 bits per heavy atom. The van der Waals surface area contributed by atoms with Gasteiger partial charge in [-0.2, -0.15) is 10.2 Å². The molecule has 0 aromatic carbocycles. The molecular weight excluding hydrogens is 300 g/mol. The average Bonchev–Trinajstić information content (AvgIpc) is 2.84. The Labute approximate surface area is 132 Å². The third-order valence-corrected chi connectivity index (χ3v) is 4.09. The standard InChI is InChI=1S/C14H18N6O3/c1-4-19-14(13(20(22)23)9(2)15-19)18-6-5-11-10(8-18)7-12(21)17(3)16-11/h7H,4-6,8H2,1-3H3. The van der Waals surface area contributed by atoms with Crippen LogP contribution in [0.15, 0.2) is 10.9 Å². The van der Waals surface area contributed by atoms with Crippen molar-refractivity contribution in [3.8, 4) is 0 Å². The van der Waals surface area contributed by atoms with Crippen molar-refractivity contribution in [1.29, 1.82) is 0 Å². The Morgan fingerprint density at radius 1 is 1.39 bits per heavy atom. The van der Waals surface area contributed by atoms with E-state index in [1.54, 1.807) is 24.7 Å². The van der Waals surface area contributed by atoms with Crippen LogP contribution in [0.1, 0.15) is 23.9 Å². The highest BCUT2D eigenvalue weighted by Crippen LogP contribution is 2.34. The summed E-state index contributed by atoms with van der Waals surface area (Å²) in [7, 11) is 1.62. The van der Waals surface area contributed by atoms with Crippen LogP contribution in [0.3, 0.4) is 0 Å². The molecule has 3 heterocycles. The van der Waals surface area contributed by atoms with E-state index in [1.807, 2.05) is 11.8 Å². The molecule has 1 aliphatic heterocycles. The van der Waals surface area contributed by atoms with Crippen molar-refractivity contribution in [3.63, 3.8) is 0 Å². The van der Waals surface area contributed by atoms with Crippen LogP contribution in [0.4, 0.5) is 11.5 Å². The molecule has 0 bridgehead atoms. The van der Waals surface area contributed by atoms with Crippen LogP contribution in [0.5, 0.6) is 0 Å². The lowest BCUT2D eigenvalue weighted by molar-refractivity contribution is -0.384. The molecule has 0 spiro atoms. The topological polar surface area (TPSA) is 99.1 Å². The number of nitro groups is 1. The number of nitrogens with zero attached hydrogens (tertiary/aromatic N) is 6. The molecule has 0 radical (unpaired) electrons. The zero-order valence-electron chi connectivity index (χ0n) is 13.3. The normalized spacial score (nSPS) is 14.0. The first-order chi connectivity index (χ1) is 10.9. The fourth-order valence-corrected chi connectivity index (χ4v) is 2.98. The van der Waals surface area contributed by atoms with Crippen LogP contribution in [0.25, 0.3) is 0 Å². The molecule has 0 fully saturated rings. The van der Waals surface area contributed by atoms with Gasteiger partial charge in [0.05, 0.1) is 10.6 Å². The molecule has 0 atom stereocenters. The Bertz CT molecular complexity index is 838. The van der Waals surface area contributed by atoms with Gasteiger partial charge in [-0.15, -0.1) is 0 Å². The molecule has 0 saturated heterocycles. The lowest BCUT2D eigenvalue weighted by Gasteiger charge is -2.29. The van der Waals surface area contributed by atoms with Gasteiger partial charge in [0.25, 0.3) is 5.56 Å². The molecule has 2 aromatic rings. The smallest absolute Gasteiger partial charge is 0.333 e. The van der Waals surface area contributed by atoms with Crippen LogP contribution in [-0.2, 0) is 26.6 Å². The van der Waals surface area contributed by atoms with Gasteiger partial charge >= 0.3 is 5.69 Å². The summed E-state index contributed by atoms with van der Waals surface area (Å²) in [5.41, 5.74) is 1.94. The Morgan fingerprint density at radius 3 is 2.78 bits per heavy atom.